The van der Waals surface area contributed by atoms with Crippen LogP contribution in [0.2, 0.25) is 0 Å². The number of pyridine rings is 1. The molecule has 0 bridgehead atoms. The van der Waals surface area contributed by atoms with Crippen molar-refractivity contribution in [3.05, 3.63) is 48.2 Å². The molecule has 0 atom stereocenters. The Labute approximate surface area is 160 Å². The van der Waals surface area contributed by atoms with E-state index in [4.69, 9.17) is 4.74 Å². The topological polar surface area (TPSA) is 55.5 Å². The third kappa shape index (κ3) is 3.85. The van der Waals surface area contributed by atoms with E-state index in [0.29, 0.717) is 22.9 Å². The maximum absolute atomic E-state index is 12.7. The SMILES string of the molecule is COC1CCN(Cc2cnc3c(-c4ccc(C(F)(F)F)nc4)cnn3c2)CC1. The molecule has 1 aliphatic heterocycles. The fourth-order valence-corrected chi connectivity index (χ4v) is 3.48. The molecule has 0 amide bonds. The molecule has 6 nitrogen and oxygen atoms in total. The van der Waals surface area contributed by atoms with Crippen molar-refractivity contribution in [2.24, 2.45) is 0 Å². The Kier molecular flexibility index (Phi) is 5.03. The van der Waals surface area contributed by atoms with Crippen LogP contribution in [0.25, 0.3) is 16.8 Å². The summed E-state index contributed by atoms with van der Waals surface area (Å²) in [6.45, 7) is 2.71. The number of halogens is 3. The van der Waals surface area contributed by atoms with Gasteiger partial charge in [0.1, 0.15) is 5.69 Å². The number of ether oxygens (including phenoxy) is 1. The van der Waals surface area contributed by atoms with E-state index in [9.17, 15) is 13.2 Å². The van der Waals surface area contributed by atoms with Crippen LogP contribution < -0.4 is 0 Å². The molecule has 1 fully saturated rings. The van der Waals surface area contributed by atoms with E-state index in [1.54, 1.807) is 24.0 Å². The van der Waals surface area contributed by atoms with E-state index in [-0.39, 0.29) is 0 Å². The third-order valence-corrected chi connectivity index (χ3v) is 5.05. The molecule has 9 heteroatoms. The van der Waals surface area contributed by atoms with Crippen LogP contribution in [0, 0.1) is 0 Å². The molecular formula is C19H20F3N5O. The summed E-state index contributed by atoms with van der Waals surface area (Å²) in [5, 5.41) is 4.31. The molecule has 148 valence electrons. The molecule has 28 heavy (non-hydrogen) atoms. The van der Waals surface area contributed by atoms with Crippen LogP contribution in [0.4, 0.5) is 13.2 Å². The van der Waals surface area contributed by atoms with E-state index in [2.05, 4.69) is 20.0 Å². The minimum atomic E-state index is -4.45. The molecular weight excluding hydrogens is 371 g/mol. The molecule has 0 aromatic carbocycles. The van der Waals surface area contributed by atoms with Gasteiger partial charge in [-0.05, 0) is 18.9 Å². The quantitative estimate of drug-likeness (QED) is 0.682. The molecule has 3 aromatic heterocycles. The second-order valence-electron chi connectivity index (χ2n) is 6.93. The van der Waals surface area contributed by atoms with Gasteiger partial charge in [-0.25, -0.2) is 9.50 Å². The van der Waals surface area contributed by atoms with E-state index in [0.717, 1.165) is 44.1 Å². The zero-order valence-electron chi connectivity index (χ0n) is 15.4. The first-order valence-electron chi connectivity index (χ1n) is 9.05. The zero-order chi connectivity index (χ0) is 19.7. The number of piperidine rings is 1. The Balaban J connectivity index is 1.52. The van der Waals surface area contributed by atoms with E-state index in [1.165, 1.54) is 12.3 Å². The van der Waals surface area contributed by atoms with Crippen LogP contribution in [-0.2, 0) is 17.5 Å². The van der Waals surface area contributed by atoms with Crippen molar-refractivity contribution in [2.75, 3.05) is 20.2 Å². The summed E-state index contributed by atoms with van der Waals surface area (Å²) >= 11 is 0. The first kappa shape index (κ1) is 18.8. The highest BCUT2D eigenvalue weighted by Gasteiger charge is 2.32. The minimum Gasteiger partial charge on any atom is -0.381 e. The maximum Gasteiger partial charge on any atom is 0.433 e. The molecule has 1 saturated heterocycles. The van der Waals surface area contributed by atoms with Crippen LogP contribution in [0.1, 0.15) is 24.1 Å². The number of likely N-dealkylation sites (tertiary alicyclic amines) is 1. The largest absolute Gasteiger partial charge is 0.433 e. The molecule has 0 radical (unpaired) electrons. The number of methoxy groups -OCH3 is 1. The van der Waals surface area contributed by atoms with Gasteiger partial charge in [-0.2, -0.15) is 18.3 Å². The summed E-state index contributed by atoms with van der Waals surface area (Å²) in [5.41, 5.74) is 1.89. The number of aromatic nitrogens is 4. The molecule has 0 saturated carbocycles. The van der Waals surface area contributed by atoms with Gasteiger partial charge in [0, 0.05) is 62.0 Å². The monoisotopic (exact) mass is 391 g/mol. The number of fused-ring (bicyclic) bond motifs is 1. The van der Waals surface area contributed by atoms with Gasteiger partial charge in [-0.15, -0.1) is 0 Å². The van der Waals surface area contributed by atoms with Crippen molar-refractivity contribution in [3.8, 4) is 11.1 Å². The Bertz CT molecular complexity index is 946. The number of alkyl halides is 3. The predicted octanol–water partition coefficient (Wildman–Crippen LogP) is 3.42. The molecule has 4 heterocycles. The zero-order valence-corrected chi connectivity index (χ0v) is 15.4. The summed E-state index contributed by atoms with van der Waals surface area (Å²) in [6, 6.07) is 2.36. The van der Waals surface area contributed by atoms with Gasteiger partial charge in [0.05, 0.1) is 12.3 Å². The molecule has 0 unspecified atom stereocenters. The van der Waals surface area contributed by atoms with E-state index >= 15 is 0 Å². The highest BCUT2D eigenvalue weighted by atomic mass is 19.4. The molecule has 3 aromatic rings. The number of hydrogen-bond acceptors (Lipinski definition) is 5. The van der Waals surface area contributed by atoms with Gasteiger partial charge >= 0.3 is 6.18 Å². The second-order valence-corrected chi connectivity index (χ2v) is 6.93. The molecule has 0 spiro atoms. The van der Waals surface area contributed by atoms with Gasteiger partial charge in [0.2, 0.25) is 0 Å². The predicted molar refractivity (Wildman–Crippen MR) is 96.5 cm³/mol. The van der Waals surface area contributed by atoms with Crippen molar-refractivity contribution >= 4 is 5.65 Å². The fraction of sp³-hybridized carbons (Fsp3) is 0.421. The van der Waals surface area contributed by atoms with Crippen LogP contribution in [0.5, 0.6) is 0 Å². The molecule has 1 aliphatic rings. The third-order valence-electron chi connectivity index (χ3n) is 5.05. The normalized spacial score (nSPS) is 16.7. The van der Waals surface area contributed by atoms with Gasteiger partial charge in [0.25, 0.3) is 0 Å². The van der Waals surface area contributed by atoms with Crippen LogP contribution in [0.15, 0.2) is 36.9 Å². The first-order valence-corrected chi connectivity index (χ1v) is 9.05. The number of nitrogens with zero attached hydrogens (tertiary/aromatic N) is 5. The van der Waals surface area contributed by atoms with E-state index in [1.807, 2.05) is 6.20 Å². The van der Waals surface area contributed by atoms with Gasteiger partial charge in [-0.1, -0.05) is 6.07 Å². The second kappa shape index (κ2) is 7.48. The summed E-state index contributed by atoms with van der Waals surface area (Å²) in [4.78, 5) is 10.3. The van der Waals surface area contributed by atoms with Crippen molar-refractivity contribution in [3.63, 3.8) is 0 Å². The average Bonchev–Trinajstić information content (AvgIpc) is 3.11. The highest BCUT2D eigenvalue weighted by molar-refractivity contribution is 5.76. The van der Waals surface area contributed by atoms with Gasteiger partial charge in [-0.3, -0.25) is 9.88 Å². The Morgan fingerprint density at radius 2 is 1.89 bits per heavy atom. The van der Waals surface area contributed by atoms with Crippen LogP contribution in [-0.4, -0.2) is 50.8 Å². The van der Waals surface area contributed by atoms with Gasteiger partial charge < -0.3 is 4.74 Å². The lowest BCUT2D eigenvalue weighted by Gasteiger charge is -2.30. The summed E-state index contributed by atoms with van der Waals surface area (Å²) < 4.78 is 45.1. The lowest BCUT2D eigenvalue weighted by Crippen LogP contribution is -2.36. The summed E-state index contributed by atoms with van der Waals surface area (Å²) in [6.07, 6.45) is 4.41. The van der Waals surface area contributed by atoms with E-state index < -0.39 is 11.9 Å². The smallest absolute Gasteiger partial charge is 0.381 e. The number of hydrogen-bond donors (Lipinski definition) is 0. The van der Waals surface area contributed by atoms with Crippen LogP contribution in [0.3, 0.4) is 0 Å². The minimum absolute atomic E-state index is 0.336. The van der Waals surface area contributed by atoms with Crippen LogP contribution >= 0.6 is 0 Å². The van der Waals surface area contributed by atoms with Crippen molar-refractivity contribution < 1.29 is 17.9 Å². The highest BCUT2D eigenvalue weighted by Crippen LogP contribution is 2.30. The van der Waals surface area contributed by atoms with Gasteiger partial charge in [0.15, 0.2) is 5.65 Å². The maximum atomic E-state index is 12.7. The average molecular weight is 391 g/mol. The Hall–Kier alpha value is -2.52. The number of rotatable bonds is 4. The van der Waals surface area contributed by atoms with Crippen molar-refractivity contribution in [1.29, 1.82) is 0 Å². The summed E-state index contributed by atoms with van der Waals surface area (Å²) in [7, 11) is 1.75. The Morgan fingerprint density at radius 1 is 1.11 bits per heavy atom. The first-order chi connectivity index (χ1) is 13.4. The molecule has 0 aliphatic carbocycles. The van der Waals surface area contributed by atoms with Crippen molar-refractivity contribution in [2.45, 2.75) is 31.7 Å². The lowest BCUT2D eigenvalue weighted by molar-refractivity contribution is -0.141. The molecule has 0 N–H and O–H groups in total. The molecule has 4 rings (SSSR count). The summed E-state index contributed by atoms with van der Waals surface area (Å²) in [5.74, 6) is 0. The fourth-order valence-electron chi connectivity index (χ4n) is 3.48. The van der Waals surface area contributed by atoms with Crippen molar-refractivity contribution in [1.82, 2.24) is 24.5 Å². The Morgan fingerprint density at radius 3 is 2.54 bits per heavy atom. The standard InChI is InChI=1S/C19H20F3N5O/c1-28-15-4-6-26(7-5-15)11-13-8-24-18-16(10-25-27(18)12-13)14-2-3-17(23-9-14)19(20,21)22/h2-3,8-10,12,15H,4-7,11H2,1H3. The lowest BCUT2D eigenvalue weighted by atomic mass is 10.1.